The van der Waals surface area contributed by atoms with E-state index in [1.807, 2.05) is 0 Å². The van der Waals surface area contributed by atoms with Gasteiger partial charge in [-0.15, -0.1) is 0 Å². The Morgan fingerprint density at radius 3 is 2.45 bits per heavy atom. The van der Waals surface area contributed by atoms with Crippen molar-refractivity contribution in [3.63, 3.8) is 0 Å². The van der Waals surface area contributed by atoms with E-state index in [4.69, 9.17) is 10.5 Å². The van der Waals surface area contributed by atoms with Crippen LogP contribution in [0.3, 0.4) is 0 Å². The summed E-state index contributed by atoms with van der Waals surface area (Å²) in [7, 11) is -3.24. The minimum atomic E-state index is -3.24. The van der Waals surface area contributed by atoms with Gasteiger partial charge >= 0.3 is 0 Å². The molecule has 0 unspecified atom stereocenters. The van der Waals surface area contributed by atoms with Crippen molar-refractivity contribution in [1.82, 2.24) is 0 Å². The van der Waals surface area contributed by atoms with Gasteiger partial charge in [-0.25, -0.2) is 12.8 Å². The molecule has 4 nitrogen and oxygen atoms in total. The lowest BCUT2D eigenvalue weighted by Gasteiger charge is -2.20. The van der Waals surface area contributed by atoms with Crippen LogP contribution in [0.5, 0.6) is 5.75 Å². The van der Waals surface area contributed by atoms with Gasteiger partial charge in [-0.1, -0.05) is 0 Å². The molecular weight excluding hydrogens is 281 g/mol. The highest BCUT2D eigenvalue weighted by atomic mass is 32.2. The lowest BCUT2D eigenvalue weighted by molar-refractivity contribution is 0.333. The maximum absolute atomic E-state index is 13.2. The SMILES string of the molecule is C[C@H](N)c1cc(F)ccc1OCCS(=O)(=O)C(C)(C)C. The smallest absolute Gasteiger partial charge is 0.158 e. The first-order chi connectivity index (χ1) is 9.04. The van der Waals surface area contributed by atoms with Crippen molar-refractivity contribution in [3.05, 3.63) is 29.6 Å². The fourth-order valence-electron chi connectivity index (χ4n) is 1.57. The average Bonchev–Trinajstić information content (AvgIpc) is 2.29. The van der Waals surface area contributed by atoms with Crippen molar-refractivity contribution in [2.45, 2.75) is 38.5 Å². The van der Waals surface area contributed by atoms with Crippen LogP contribution in [0.2, 0.25) is 0 Å². The molecule has 6 heteroatoms. The molecule has 0 amide bonds. The third-order valence-corrected chi connectivity index (χ3v) is 5.58. The fraction of sp³-hybridized carbons (Fsp3) is 0.571. The Morgan fingerprint density at radius 1 is 1.35 bits per heavy atom. The highest BCUT2D eigenvalue weighted by Crippen LogP contribution is 2.25. The summed E-state index contributed by atoms with van der Waals surface area (Å²) in [5.41, 5.74) is 6.27. The van der Waals surface area contributed by atoms with E-state index in [2.05, 4.69) is 0 Å². The van der Waals surface area contributed by atoms with Gasteiger partial charge in [0, 0.05) is 11.6 Å². The predicted octanol–water partition coefficient (Wildman–Crippen LogP) is 2.44. The van der Waals surface area contributed by atoms with E-state index in [9.17, 15) is 12.8 Å². The van der Waals surface area contributed by atoms with Gasteiger partial charge in [0.15, 0.2) is 9.84 Å². The summed E-state index contributed by atoms with van der Waals surface area (Å²) in [5, 5.41) is 0. The maximum atomic E-state index is 13.2. The molecule has 0 aliphatic carbocycles. The molecule has 0 aliphatic rings. The number of halogens is 1. The van der Waals surface area contributed by atoms with E-state index in [0.29, 0.717) is 11.3 Å². The van der Waals surface area contributed by atoms with Gasteiger partial charge in [0.25, 0.3) is 0 Å². The molecule has 0 saturated carbocycles. The normalized spacial score (nSPS) is 14.1. The molecule has 114 valence electrons. The first-order valence-electron chi connectivity index (χ1n) is 6.45. The molecule has 1 rings (SSSR count). The summed E-state index contributed by atoms with van der Waals surface area (Å²) in [6.45, 7) is 6.67. The first-order valence-corrected chi connectivity index (χ1v) is 8.10. The molecule has 0 spiro atoms. The van der Waals surface area contributed by atoms with Crippen LogP contribution >= 0.6 is 0 Å². The molecule has 1 aromatic carbocycles. The summed E-state index contributed by atoms with van der Waals surface area (Å²) in [6.07, 6.45) is 0. The Balaban J connectivity index is 2.77. The molecule has 1 atom stereocenters. The fourth-order valence-corrected chi connectivity index (χ4v) is 2.49. The van der Waals surface area contributed by atoms with E-state index < -0.39 is 20.4 Å². The number of nitrogens with two attached hydrogens (primary N) is 1. The van der Waals surface area contributed by atoms with Crippen LogP contribution in [0.15, 0.2) is 18.2 Å². The van der Waals surface area contributed by atoms with Crippen LogP contribution in [0.25, 0.3) is 0 Å². The van der Waals surface area contributed by atoms with Crippen molar-refractivity contribution in [2.75, 3.05) is 12.4 Å². The van der Waals surface area contributed by atoms with Crippen LogP contribution in [0, 0.1) is 5.82 Å². The summed E-state index contributed by atoms with van der Waals surface area (Å²) in [6, 6.07) is 3.65. The van der Waals surface area contributed by atoms with E-state index >= 15 is 0 Å². The minimum absolute atomic E-state index is 0.0188. The molecular formula is C14H22FNO3S. The predicted molar refractivity (Wildman–Crippen MR) is 78.0 cm³/mol. The first kappa shape index (κ1) is 16.9. The van der Waals surface area contributed by atoms with Crippen molar-refractivity contribution < 1.29 is 17.5 Å². The molecule has 20 heavy (non-hydrogen) atoms. The minimum Gasteiger partial charge on any atom is -0.492 e. The van der Waals surface area contributed by atoms with Crippen molar-refractivity contribution >= 4 is 9.84 Å². The zero-order valence-corrected chi connectivity index (χ0v) is 13.1. The maximum Gasteiger partial charge on any atom is 0.158 e. The zero-order chi connectivity index (χ0) is 15.6. The molecule has 0 saturated heterocycles. The van der Waals surface area contributed by atoms with Crippen molar-refractivity contribution in [3.8, 4) is 5.75 Å². The second kappa shape index (κ2) is 6.10. The molecule has 0 bridgehead atoms. The molecule has 0 heterocycles. The van der Waals surface area contributed by atoms with Gasteiger partial charge in [0.05, 0.1) is 10.5 Å². The van der Waals surface area contributed by atoms with Crippen LogP contribution in [-0.2, 0) is 9.84 Å². The van der Waals surface area contributed by atoms with Gasteiger partial charge in [-0.3, -0.25) is 0 Å². The van der Waals surface area contributed by atoms with Crippen molar-refractivity contribution in [2.24, 2.45) is 5.73 Å². The van der Waals surface area contributed by atoms with E-state index in [0.717, 1.165) is 0 Å². The topological polar surface area (TPSA) is 69.4 Å². The standard InChI is InChI=1S/C14H22FNO3S/c1-10(16)12-9-11(15)5-6-13(12)19-7-8-20(17,18)14(2,3)4/h5-6,9-10H,7-8,16H2,1-4H3/t10-/m0/s1. The number of hydrogen-bond acceptors (Lipinski definition) is 4. The van der Waals surface area contributed by atoms with Crippen LogP contribution < -0.4 is 10.5 Å². The Hall–Kier alpha value is -1.14. The number of benzene rings is 1. The Morgan fingerprint density at radius 2 is 1.95 bits per heavy atom. The summed E-state index contributed by atoms with van der Waals surface area (Å²) >= 11 is 0. The van der Waals surface area contributed by atoms with E-state index in [-0.39, 0.29) is 18.4 Å². The Kier molecular flexibility index (Phi) is 5.15. The molecule has 0 fully saturated rings. The van der Waals surface area contributed by atoms with Crippen LogP contribution in [-0.4, -0.2) is 25.5 Å². The number of rotatable bonds is 5. The summed E-state index contributed by atoms with van der Waals surface area (Å²) < 4.78 is 41.7. The second-order valence-electron chi connectivity index (χ2n) is 5.75. The van der Waals surface area contributed by atoms with E-state index in [1.165, 1.54) is 18.2 Å². The highest BCUT2D eigenvalue weighted by Gasteiger charge is 2.28. The third kappa shape index (κ3) is 4.18. The van der Waals surface area contributed by atoms with E-state index in [1.54, 1.807) is 27.7 Å². The summed E-state index contributed by atoms with van der Waals surface area (Å²) in [5.74, 6) is -0.0656. The molecule has 1 aromatic rings. The lowest BCUT2D eigenvalue weighted by Crippen LogP contribution is -2.32. The van der Waals surface area contributed by atoms with Gasteiger partial charge in [-0.2, -0.15) is 0 Å². The van der Waals surface area contributed by atoms with Gasteiger partial charge in [0.2, 0.25) is 0 Å². The lowest BCUT2D eigenvalue weighted by atomic mass is 10.1. The highest BCUT2D eigenvalue weighted by molar-refractivity contribution is 7.92. The number of hydrogen-bond donors (Lipinski definition) is 1. The van der Waals surface area contributed by atoms with Crippen LogP contribution in [0.1, 0.15) is 39.3 Å². The molecule has 2 N–H and O–H groups in total. The quantitative estimate of drug-likeness (QED) is 0.907. The molecule has 0 aliphatic heterocycles. The zero-order valence-electron chi connectivity index (χ0n) is 12.3. The van der Waals surface area contributed by atoms with Gasteiger partial charge in [0.1, 0.15) is 18.2 Å². The monoisotopic (exact) mass is 303 g/mol. The Bertz CT molecular complexity index is 562. The van der Waals surface area contributed by atoms with Gasteiger partial charge in [-0.05, 0) is 45.9 Å². The third-order valence-electron chi connectivity index (χ3n) is 3.01. The average molecular weight is 303 g/mol. The molecule has 0 radical (unpaired) electrons. The molecule has 0 aromatic heterocycles. The second-order valence-corrected chi connectivity index (χ2v) is 8.61. The summed E-state index contributed by atoms with van der Waals surface area (Å²) in [4.78, 5) is 0. The van der Waals surface area contributed by atoms with Crippen molar-refractivity contribution in [1.29, 1.82) is 0 Å². The van der Waals surface area contributed by atoms with Crippen LogP contribution in [0.4, 0.5) is 4.39 Å². The number of sulfone groups is 1. The Labute approximate surface area is 120 Å². The van der Waals surface area contributed by atoms with Gasteiger partial charge < -0.3 is 10.5 Å². The largest absolute Gasteiger partial charge is 0.492 e. The number of ether oxygens (including phenoxy) is 1.